The van der Waals surface area contributed by atoms with E-state index in [0.717, 1.165) is 4.48 Å². The molecule has 0 saturated carbocycles. The van der Waals surface area contributed by atoms with Crippen LogP contribution < -0.4 is 9.80 Å². The molecule has 0 aliphatic carbocycles. The topological polar surface area (TPSA) is 88.3 Å². The minimum absolute atomic E-state index is 0.0708. The molecule has 0 aliphatic rings. The number of aliphatic hydroxyl groups excluding tert-OH is 1. The number of aromatic nitrogens is 1. The van der Waals surface area contributed by atoms with E-state index in [1.807, 2.05) is 5.71 Å². The molecular formula is C8H11AsN3O3. The van der Waals surface area contributed by atoms with Gasteiger partial charge in [0.05, 0.1) is 0 Å². The van der Waals surface area contributed by atoms with Crippen LogP contribution in [0.2, 0.25) is 5.71 Å². The zero-order valence-electron chi connectivity index (χ0n) is 8.17. The van der Waals surface area contributed by atoms with Gasteiger partial charge in [0.1, 0.15) is 0 Å². The van der Waals surface area contributed by atoms with E-state index >= 15 is 0 Å². The van der Waals surface area contributed by atoms with Gasteiger partial charge in [-0.15, -0.1) is 0 Å². The summed E-state index contributed by atoms with van der Waals surface area (Å²) >= 11 is -0.118. The Morgan fingerprint density at radius 3 is 2.93 bits per heavy atom. The van der Waals surface area contributed by atoms with E-state index in [1.54, 1.807) is 12.1 Å². The van der Waals surface area contributed by atoms with Crippen LogP contribution in [0.1, 0.15) is 0 Å². The Morgan fingerprint density at radius 2 is 2.40 bits per heavy atom. The van der Waals surface area contributed by atoms with E-state index in [9.17, 15) is 10.1 Å². The number of pyridine rings is 1. The molecule has 0 amide bonds. The van der Waals surface area contributed by atoms with Crippen molar-refractivity contribution < 1.29 is 10.0 Å². The van der Waals surface area contributed by atoms with Crippen molar-refractivity contribution >= 4 is 31.7 Å². The normalized spacial score (nSPS) is 10.8. The number of nitro groups is 1. The van der Waals surface area contributed by atoms with Gasteiger partial charge in [0.15, 0.2) is 0 Å². The first-order chi connectivity index (χ1) is 7.19. The van der Waals surface area contributed by atoms with Gasteiger partial charge in [-0.25, -0.2) is 0 Å². The van der Waals surface area contributed by atoms with E-state index in [4.69, 9.17) is 5.11 Å². The van der Waals surface area contributed by atoms with Gasteiger partial charge in [0.25, 0.3) is 0 Å². The summed E-state index contributed by atoms with van der Waals surface area (Å²) in [5.41, 5.74) is 2.33. The average molecular weight is 272 g/mol. The summed E-state index contributed by atoms with van der Waals surface area (Å²) in [6, 6.07) is 3.40. The summed E-state index contributed by atoms with van der Waals surface area (Å²) < 4.78 is 0.771. The van der Waals surface area contributed by atoms with Gasteiger partial charge < -0.3 is 0 Å². The standard InChI is InChI=1S/C8H11AsN3O3/c1-9-7-3-2-6(10-4-5-13)8(11-7)12(14)15/h2-3,10,13H,4-5H2,1H3. The first-order valence-corrected chi connectivity index (χ1v) is 7.10. The van der Waals surface area contributed by atoms with Gasteiger partial charge in [-0.05, 0) is 0 Å². The molecule has 0 bridgehead atoms. The fourth-order valence-electron chi connectivity index (χ4n) is 1.03. The predicted molar refractivity (Wildman–Crippen MR) is 57.7 cm³/mol. The van der Waals surface area contributed by atoms with Crippen LogP contribution in [0.15, 0.2) is 12.1 Å². The molecule has 0 spiro atoms. The van der Waals surface area contributed by atoms with Gasteiger partial charge >= 0.3 is 93.2 Å². The minimum atomic E-state index is -0.514. The molecule has 0 aliphatic heterocycles. The van der Waals surface area contributed by atoms with Crippen LogP contribution in [0.4, 0.5) is 11.5 Å². The summed E-state index contributed by atoms with van der Waals surface area (Å²) in [7, 11) is 0. The molecule has 6 nitrogen and oxygen atoms in total. The third-order valence-electron chi connectivity index (χ3n) is 1.69. The Balaban J connectivity index is 2.98. The van der Waals surface area contributed by atoms with Gasteiger partial charge in [0, 0.05) is 0 Å². The third-order valence-corrected chi connectivity index (χ3v) is 3.17. The van der Waals surface area contributed by atoms with Crippen molar-refractivity contribution in [3.63, 3.8) is 0 Å². The van der Waals surface area contributed by atoms with E-state index in [-0.39, 0.29) is 34.7 Å². The number of nitrogens with zero attached hydrogens (tertiary/aromatic N) is 2. The van der Waals surface area contributed by atoms with E-state index in [0.29, 0.717) is 5.69 Å². The van der Waals surface area contributed by atoms with Crippen molar-refractivity contribution in [2.24, 2.45) is 0 Å². The zero-order chi connectivity index (χ0) is 11.3. The Hall–Kier alpha value is -1.13. The van der Waals surface area contributed by atoms with Crippen molar-refractivity contribution in [1.29, 1.82) is 0 Å². The van der Waals surface area contributed by atoms with Crippen LogP contribution in [0.3, 0.4) is 0 Å². The van der Waals surface area contributed by atoms with Crippen molar-refractivity contribution in [2.75, 3.05) is 18.5 Å². The molecule has 0 fully saturated rings. The number of aliphatic hydroxyl groups is 1. The molecule has 1 heterocycles. The van der Waals surface area contributed by atoms with Crippen molar-refractivity contribution in [2.45, 2.75) is 5.71 Å². The van der Waals surface area contributed by atoms with Crippen molar-refractivity contribution in [1.82, 2.24) is 4.98 Å². The Bertz CT molecular complexity index is 359. The molecule has 7 heteroatoms. The molecule has 1 rings (SSSR count). The quantitative estimate of drug-likeness (QED) is 0.439. The van der Waals surface area contributed by atoms with Gasteiger partial charge in [0.2, 0.25) is 0 Å². The molecule has 2 N–H and O–H groups in total. The second-order valence-electron chi connectivity index (χ2n) is 2.67. The van der Waals surface area contributed by atoms with Crippen LogP contribution in [0.5, 0.6) is 0 Å². The van der Waals surface area contributed by atoms with Crippen LogP contribution >= 0.6 is 0 Å². The Kier molecular flexibility index (Phi) is 4.52. The maximum absolute atomic E-state index is 10.7. The first kappa shape index (κ1) is 11.9. The van der Waals surface area contributed by atoms with Gasteiger partial charge in [-0.3, -0.25) is 0 Å². The zero-order valence-corrected chi connectivity index (χ0v) is 10.1. The molecule has 0 aromatic carbocycles. The van der Waals surface area contributed by atoms with Crippen LogP contribution in [0.25, 0.3) is 0 Å². The SMILES string of the molecule is C[As]c1ccc(NCCO)c([N+](=O)[O-])n1. The number of anilines is 1. The summed E-state index contributed by atoms with van der Waals surface area (Å²) in [6.07, 6.45) is 0. The van der Waals surface area contributed by atoms with Crippen molar-refractivity contribution in [3.8, 4) is 0 Å². The number of hydrogen-bond acceptors (Lipinski definition) is 5. The molecule has 0 unspecified atom stereocenters. The molecule has 1 aromatic rings. The van der Waals surface area contributed by atoms with Crippen LogP contribution in [-0.4, -0.2) is 43.9 Å². The second-order valence-corrected chi connectivity index (χ2v) is 4.57. The third kappa shape index (κ3) is 3.18. The Labute approximate surface area is 93.6 Å². The number of rotatable bonds is 5. The summed E-state index contributed by atoms with van der Waals surface area (Å²) in [5.74, 6) is -0.168. The van der Waals surface area contributed by atoms with Crippen molar-refractivity contribution in [3.05, 3.63) is 22.2 Å². The van der Waals surface area contributed by atoms with E-state index in [1.165, 1.54) is 0 Å². The molecular weight excluding hydrogens is 261 g/mol. The van der Waals surface area contributed by atoms with Gasteiger partial charge in [-0.1, -0.05) is 0 Å². The average Bonchev–Trinajstić information content (AvgIpc) is 2.26. The molecule has 1 aromatic heterocycles. The summed E-state index contributed by atoms with van der Waals surface area (Å²) in [5, 5.41) is 22.1. The number of nitrogens with one attached hydrogen (secondary N) is 1. The van der Waals surface area contributed by atoms with Gasteiger partial charge in [-0.2, -0.15) is 0 Å². The molecule has 81 valence electrons. The molecule has 0 atom stereocenters. The van der Waals surface area contributed by atoms with E-state index in [2.05, 4.69) is 10.3 Å². The monoisotopic (exact) mass is 272 g/mol. The second kappa shape index (κ2) is 5.68. The summed E-state index contributed by atoms with van der Waals surface area (Å²) in [6.45, 7) is 0.209. The maximum atomic E-state index is 10.7. The Morgan fingerprint density at radius 1 is 1.67 bits per heavy atom. The van der Waals surface area contributed by atoms with E-state index < -0.39 is 4.92 Å². The number of hydrogen-bond donors (Lipinski definition) is 2. The van der Waals surface area contributed by atoms with Crippen LogP contribution in [0, 0.1) is 10.1 Å². The van der Waals surface area contributed by atoms with Crippen LogP contribution in [-0.2, 0) is 0 Å². The molecule has 1 radical (unpaired) electrons. The first-order valence-electron chi connectivity index (χ1n) is 4.29. The molecule has 0 saturated heterocycles. The fourth-order valence-corrected chi connectivity index (χ4v) is 1.91. The predicted octanol–water partition coefficient (Wildman–Crippen LogP) is -0.228. The molecule has 15 heavy (non-hydrogen) atoms. The fraction of sp³-hybridized carbons (Fsp3) is 0.375. The summed E-state index contributed by atoms with van der Waals surface area (Å²) in [4.78, 5) is 14.1.